The zero-order chi connectivity index (χ0) is 11.1. The fourth-order valence-electron chi connectivity index (χ4n) is 2.33. The van der Waals surface area contributed by atoms with Gasteiger partial charge in [0.25, 0.3) is 0 Å². The molecule has 0 aliphatic heterocycles. The van der Waals surface area contributed by atoms with Gasteiger partial charge in [-0.2, -0.15) is 0 Å². The summed E-state index contributed by atoms with van der Waals surface area (Å²) in [7, 11) is 2.04. The largest absolute Gasteiger partial charge is 0.331 e. The first-order chi connectivity index (χ1) is 7.79. The van der Waals surface area contributed by atoms with Gasteiger partial charge in [0.05, 0.1) is 11.0 Å². The van der Waals surface area contributed by atoms with Crippen molar-refractivity contribution < 1.29 is 4.79 Å². The van der Waals surface area contributed by atoms with Gasteiger partial charge in [0.1, 0.15) is 12.1 Å². The minimum Gasteiger partial charge on any atom is -0.331 e. The fourth-order valence-corrected chi connectivity index (χ4v) is 2.33. The molecule has 0 saturated heterocycles. The monoisotopic (exact) mass is 214 g/mol. The lowest BCUT2D eigenvalue weighted by Crippen LogP contribution is -2.13. The van der Waals surface area contributed by atoms with Crippen molar-refractivity contribution in [2.45, 2.75) is 25.2 Å². The van der Waals surface area contributed by atoms with E-state index in [-0.39, 0.29) is 0 Å². The molecular formula is C13H14N2O. The van der Waals surface area contributed by atoms with E-state index in [1.807, 2.05) is 25.2 Å². The lowest BCUT2D eigenvalue weighted by molar-refractivity contribution is 0.112. The Balaban J connectivity index is 2.17. The third-order valence-corrected chi connectivity index (χ3v) is 3.55. The Labute approximate surface area is 94.1 Å². The number of fused-ring (bicyclic) bond motifs is 1. The summed E-state index contributed by atoms with van der Waals surface area (Å²) in [6, 6.07) is 5.67. The zero-order valence-corrected chi connectivity index (χ0v) is 9.31. The Kier molecular flexibility index (Phi) is 2.06. The number of hydrogen-bond acceptors (Lipinski definition) is 2. The molecule has 0 amide bonds. The van der Waals surface area contributed by atoms with Crippen LogP contribution in [-0.2, 0) is 7.05 Å². The molecule has 0 atom stereocenters. The number of rotatable bonds is 2. The molecule has 0 unspecified atom stereocenters. The predicted molar refractivity (Wildman–Crippen MR) is 62.7 cm³/mol. The number of benzene rings is 1. The lowest BCUT2D eigenvalue weighted by atomic mass is 9.85. The topological polar surface area (TPSA) is 34.9 Å². The highest BCUT2D eigenvalue weighted by Gasteiger charge is 2.24. The van der Waals surface area contributed by atoms with Crippen LogP contribution in [0.1, 0.15) is 41.4 Å². The molecule has 2 aromatic rings. The van der Waals surface area contributed by atoms with Gasteiger partial charge in [-0.15, -0.1) is 0 Å². The van der Waals surface area contributed by atoms with Crippen LogP contribution in [0.5, 0.6) is 0 Å². The van der Waals surface area contributed by atoms with Crippen LogP contribution >= 0.6 is 0 Å². The Morgan fingerprint density at radius 2 is 2.25 bits per heavy atom. The molecule has 3 heteroatoms. The number of hydrogen-bond donors (Lipinski definition) is 0. The van der Waals surface area contributed by atoms with Gasteiger partial charge in [-0.3, -0.25) is 4.79 Å². The molecule has 3 rings (SSSR count). The molecule has 1 aliphatic carbocycles. The highest BCUT2D eigenvalue weighted by atomic mass is 16.1. The van der Waals surface area contributed by atoms with Gasteiger partial charge in [0.2, 0.25) is 0 Å². The second-order valence-electron chi connectivity index (χ2n) is 4.52. The van der Waals surface area contributed by atoms with E-state index in [0.29, 0.717) is 5.92 Å². The molecule has 0 radical (unpaired) electrons. The molecule has 3 nitrogen and oxygen atoms in total. The van der Waals surface area contributed by atoms with E-state index in [1.165, 1.54) is 25.1 Å². The van der Waals surface area contributed by atoms with Gasteiger partial charge in [-0.1, -0.05) is 6.42 Å². The number of aromatic nitrogens is 2. The van der Waals surface area contributed by atoms with E-state index >= 15 is 0 Å². The average Bonchev–Trinajstić information content (AvgIpc) is 2.54. The highest BCUT2D eigenvalue weighted by Crippen LogP contribution is 2.36. The van der Waals surface area contributed by atoms with Crippen molar-refractivity contribution in [2.75, 3.05) is 0 Å². The van der Waals surface area contributed by atoms with E-state index in [4.69, 9.17) is 0 Å². The van der Waals surface area contributed by atoms with Crippen molar-refractivity contribution >= 4 is 17.3 Å². The summed E-state index contributed by atoms with van der Waals surface area (Å²) in [5, 5.41) is 0. The molecule has 82 valence electrons. The van der Waals surface area contributed by atoms with Crippen molar-refractivity contribution in [1.29, 1.82) is 0 Å². The molecule has 1 fully saturated rings. The first kappa shape index (κ1) is 9.58. The van der Waals surface area contributed by atoms with E-state index in [0.717, 1.165) is 22.9 Å². The molecule has 1 heterocycles. The van der Waals surface area contributed by atoms with Crippen molar-refractivity contribution in [3.63, 3.8) is 0 Å². The first-order valence-corrected chi connectivity index (χ1v) is 5.71. The van der Waals surface area contributed by atoms with E-state index in [1.54, 1.807) is 0 Å². The fraction of sp³-hybridized carbons (Fsp3) is 0.385. The van der Waals surface area contributed by atoms with Crippen molar-refractivity contribution in [1.82, 2.24) is 9.55 Å². The smallest absolute Gasteiger partial charge is 0.150 e. The second kappa shape index (κ2) is 3.44. The van der Waals surface area contributed by atoms with Crippen LogP contribution in [0.25, 0.3) is 11.0 Å². The maximum atomic E-state index is 10.7. The Morgan fingerprint density at radius 1 is 1.44 bits per heavy atom. The molecule has 1 aliphatic rings. The third kappa shape index (κ3) is 1.28. The van der Waals surface area contributed by atoms with E-state index < -0.39 is 0 Å². The summed E-state index contributed by atoms with van der Waals surface area (Å²) in [4.78, 5) is 15.4. The third-order valence-electron chi connectivity index (χ3n) is 3.55. The number of carbonyl (C=O) groups excluding carboxylic acids is 1. The van der Waals surface area contributed by atoms with Gasteiger partial charge >= 0.3 is 0 Å². The molecule has 16 heavy (non-hydrogen) atoms. The minimum absolute atomic E-state index is 0.622. The molecule has 0 bridgehead atoms. The Bertz CT molecular complexity index is 552. The first-order valence-electron chi connectivity index (χ1n) is 5.71. The summed E-state index contributed by atoms with van der Waals surface area (Å²) in [6.45, 7) is 0. The molecule has 1 aromatic carbocycles. The summed E-state index contributed by atoms with van der Waals surface area (Å²) >= 11 is 0. The van der Waals surface area contributed by atoms with Crippen LogP contribution in [0.2, 0.25) is 0 Å². The summed E-state index contributed by atoms with van der Waals surface area (Å²) in [6.07, 6.45) is 4.69. The van der Waals surface area contributed by atoms with Gasteiger partial charge in [0, 0.05) is 18.5 Å². The molecular weight excluding hydrogens is 200 g/mol. The van der Waals surface area contributed by atoms with Gasteiger partial charge in [0.15, 0.2) is 0 Å². The SMILES string of the molecule is Cn1c(C2CCC2)nc2ccc(C=O)cc21. The number of carbonyl (C=O) groups is 1. The summed E-state index contributed by atoms with van der Waals surface area (Å²) in [5.74, 6) is 1.79. The maximum absolute atomic E-state index is 10.7. The zero-order valence-electron chi connectivity index (χ0n) is 9.31. The quantitative estimate of drug-likeness (QED) is 0.720. The normalized spacial score (nSPS) is 16.3. The Hall–Kier alpha value is -1.64. The molecule has 0 N–H and O–H groups in total. The van der Waals surface area contributed by atoms with Gasteiger partial charge < -0.3 is 4.57 Å². The molecule has 1 saturated carbocycles. The summed E-state index contributed by atoms with van der Waals surface area (Å²) < 4.78 is 2.13. The standard InChI is InChI=1S/C13H14N2O/c1-15-12-7-9(8-16)5-6-11(12)14-13(15)10-3-2-4-10/h5-8,10H,2-4H2,1H3. The average molecular weight is 214 g/mol. The number of aryl methyl sites for hydroxylation is 1. The predicted octanol–water partition coefficient (Wildman–Crippen LogP) is 2.65. The van der Waals surface area contributed by atoms with E-state index in [2.05, 4.69) is 9.55 Å². The summed E-state index contributed by atoms with van der Waals surface area (Å²) in [5.41, 5.74) is 2.78. The van der Waals surface area contributed by atoms with Gasteiger partial charge in [-0.25, -0.2) is 4.98 Å². The number of nitrogens with zero attached hydrogens (tertiary/aromatic N) is 2. The second-order valence-corrected chi connectivity index (χ2v) is 4.52. The van der Waals surface area contributed by atoms with Crippen LogP contribution in [0, 0.1) is 0 Å². The minimum atomic E-state index is 0.622. The van der Waals surface area contributed by atoms with Crippen molar-refractivity contribution in [2.24, 2.45) is 7.05 Å². The highest BCUT2D eigenvalue weighted by molar-refractivity contribution is 5.85. The lowest BCUT2D eigenvalue weighted by Gasteiger charge is -2.24. The maximum Gasteiger partial charge on any atom is 0.150 e. The van der Waals surface area contributed by atoms with E-state index in [9.17, 15) is 4.79 Å². The van der Waals surface area contributed by atoms with Crippen LogP contribution < -0.4 is 0 Å². The molecule has 1 aromatic heterocycles. The number of imidazole rings is 1. The van der Waals surface area contributed by atoms with Gasteiger partial charge in [-0.05, 0) is 31.0 Å². The van der Waals surface area contributed by atoms with Crippen LogP contribution in [0.3, 0.4) is 0 Å². The van der Waals surface area contributed by atoms with Crippen LogP contribution in [0.4, 0.5) is 0 Å². The van der Waals surface area contributed by atoms with Crippen LogP contribution in [-0.4, -0.2) is 15.8 Å². The number of aldehydes is 1. The van der Waals surface area contributed by atoms with Crippen LogP contribution in [0.15, 0.2) is 18.2 Å². The molecule has 0 spiro atoms. The Morgan fingerprint density at radius 3 is 2.88 bits per heavy atom. The van der Waals surface area contributed by atoms with Crippen molar-refractivity contribution in [3.05, 3.63) is 29.6 Å². The van der Waals surface area contributed by atoms with Crippen molar-refractivity contribution in [3.8, 4) is 0 Å².